The Labute approximate surface area is 174 Å². The molecule has 3 N–H and O–H groups in total. The second-order valence-electron chi connectivity index (χ2n) is 7.72. The van der Waals surface area contributed by atoms with Crippen molar-refractivity contribution in [1.82, 2.24) is 20.1 Å². The Kier molecular flexibility index (Phi) is 5.07. The van der Waals surface area contributed by atoms with E-state index in [0.29, 0.717) is 28.1 Å². The zero-order valence-electron chi connectivity index (χ0n) is 17.6. The molecule has 156 valence electrons. The largest absolute Gasteiger partial charge is 0.378 e. The van der Waals surface area contributed by atoms with E-state index in [1.807, 2.05) is 44.2 Å². The number of pyridine rings is 1. The minimum Gasteiger partial charge on any atom is -0.378 e. The van der Waals surface area contributed by atoms with Crippen molar-refractivity contribution in [3.05, 3.63) is 69.7 Å². The second-order valence-corrected chi connectivity index (χ2v) is 7.72. The lowest BCUT2D eigenvalue weighted by atomic mass is 9.74. The third-order valence-electron chi connectivity index (χ3n) is 5.99. The molecule has 3 aromatic heterocycles. The highest BCUT2D eigenvalue weighted by Crippen LogP contribution is 2.43. The van der Waals surface area contributed by atoms with Crippen LogP contribution in [0.1, 0.15) is 49.4 Å². The van der Waals surface area contributed by atoms with Crippen LogP contribution < -0.4 is 5.69 Å². The Morgan fingerprint density at radius 3 is 2.53 bits per heavy atom. The van der Waals surface area contributed by atoms with Crippen LogP contribution in [-0.2, 0) is 5.60 Å². The summed E-state index contributed by atoms with van der Waals surface area (Å²) in [5.41, 5.74) is 3.08. The molecular formula is C23H26N4O3. The first kappa shape index (κ1) is 20.1. The predicted molar refractivity (Wildman–Crippen MR) is 115 cm³/mol. The number of aryl methyl sites for hydroxylation is 2. The topological polar surface area (TPSA) is 108 Å². The van der Waals surface area contributed by atoms with Crippen molar-refractivity contribution in [3.8, 4) is 11.1 Å². The van der Waals surface area contributed by atoms with Gasteiger partial charge in [-0.05, 0) is 62.4 Å². The molecule has 4 rings (SSSR count). The molecule has 0 saturated carbocycles. The van der Waals surface area contributed by atoms with Crippen molar-refractivity contribution < 1.29 is 9.63 Å². The van der Waals surface area contributed by atoms with Gasteiger partial charge in [-0.1, -0.05) is 25.1 Å². The lowest BCUT2D eigenvalue weighted by Crippen LogP contribution is -2.37. The fraction of sp³-hybridized carbons (Fsp3) is 0.348. The molecule has 3 heterocycles. The maximum absolute atomic E-state index is 12.2. The van der Waals surface area contributed by atoms with E-state index in [1.165, 1.54) is 0 Å². The molecule has 0 fully saturated rings. The van der Waals surface area contributed by atoms with Crippen LogP contribution in [-0.4, -0.2) is 25.2 Å². The first-order valence-corrected chi connectivity index (χ1v) is 10.2. The number of H-pyrrole nitrogens is 2. The molecule has 7 nitrogen and oxygen atoms in total. The van der Waals surface area contributed by atoms with Crippen LogP contribution in [0.15, 0.2) is 45.8 Å². The number of rotatable bonds is 6. The quantitative estimate of drug-likeness (QED) is 0.445. The number of nitrogens with zero attached hydrogens (tertiary/aromatic N) is 2. The molecule has 1 aromatic carbocycles. The monoisotopic (exact) mass is 406 g/mol. The maximum Gasteiger partial charge on any atom is 0.323 e. The number of benzene rings is 1. The molecule has 0 aliphatic heterocycles. The lowest BCUT2D eigenvalue weighted by molar-refractivity contribution is 0.00956. The van der Waals surface area contributed by atoms with Crippen molar-refractivity contribution in [1.29, 1.82) is 0 Å². The summed E-state index contributed by atoms with van der Waals surface area (Å²) < 4.78 is 5.36. The Bertz CT molecular complexity index is 1220. The summed E-state index contributed by atoms with van der Waals surface area (Å²) >= 11 is 0. The summed E-state index contributed by atoms with van der Waals surface area (Å²) in [7, 11) is 0. The Balaban J connectivity index is 2.10. The molecule has 0 amide bonds. The van der Waals surface area contributed by atoms with Gasteiger partial charge in [0.25, 0.3) is 0 Å². The average Bonchev–Trinajstić information content (AvgIpc) is 3.29. The van der Waals surface area contributed by atoms with Crippen LogP contribution in [0.4, 0.5) is 0 Å². The van der Waals surface area contributed by atoms with E-state index in [2.05, 4.69) is 34.0 Å². The highest BCUT2D eigenvalue weighted by Gasteiger charge is 2.41. The standard InChI is InChI=1S/C23H26N4O3/c1-5-16(6-2)23(29,19-9-7-8-10-24-19)17-11-15(20-13(3)27-30-14(20)4)12-18-21(17)26-22(28)25-18/h7-12,16,29H,5-6H2,1-4H3,(H2,25,26,28). The number of aromatic nitrogens is 4. The van der Waals surface area contributed by atoms with Crippen molar-refractivity contribution in [3.63, 3.8) is 0 Å². The lowest BCUT2D eigenvalue weighted by Gasteiger charge is -2.36. The molecule has 0 aliphatic carbocycles. The molecule has 7 heteroatoms. The van der Waals surface area contributed by atoms with E-state index < -0.39 is 5.60 Å². The van der Waals surface area contributed by atoms with Crippen molar-refractivity contribution in [2.24, 2.45) is 5.92 Å². The maximum atomic E-state index is 12.2. The highest BCUT2D eigenvalue weighted by atomic mass is 16.5. The van der Waals surface area contributed by atoms with Crippen molar-refractivity contribution >= 4 is 11.0 Å². The Morgan fingerprint density at radius 2 is 1.93 bits per heavy atom. The van der Waals surface area contributed by atoms with Gasteiger partial charge in [0.2, 0.25) is 0 Å². The van der Waals surface area contributed by atoms with Gasteiger partial charge in [-0.2, -0.15) is 0 Å². The van der Waals surface area contributed by atoms with E-state index in [9.17, 15) is 9.90 Å². The molecular weight excluding hydrogens is 380 g/mol. The third-order valence-corrected chi connectivity index (χ3v) is 5.99. The summed E-state index contributed by atoms with van der Waals surface area (Å²) in [5, 5.41) is 16.3. The zero-order valence-corrected chi connectivity index (χ0v) is 17.6. The van der Waals surface area contributed by atoms with Crippen LogP contribution >= 0.6 is 0 Å². The van der Waals surface area contributed by atoms with Gasteiger partial charge in [0.15, 0.2) is 0 Å². The Morgan fingerprint density at radius 1 is 1.17 bits per heavy atom. The number of fused-ring (bicyclic) bond motifs is 1. The third kappa shape index (κ3) is 3.06. The second kappa shape index (κ2) is 7.57. The van der Waals surface area contributed by atoms with Crippen LogP contribution in [0.3, 0.4) is 0 Å². The number of aliphatic hydroxyl groups is 1. The average molecular weight is 406 g/mol. The highest BCUT2D eigenvalue weighted by molar-refractivity contribution is 5.87. The van der Waals surface area contributed by atoms with E-state index in [1.54, 1.807) is 6.20 Å². The molecule has 1 unspecified atom stereocenters. The van der Waals surface area contributed by atoms with Gasteiger partial charge in [-0.3, -0.25) is 4.98 Å². The number of aromatic amines is 2. The van der Waals surface area contributed by atoms with Crippen LogP contribution in [0.2, 0.25) is 0 Å². The SMILES string of the molecule is CCC(CC)C(O)(c1ccccn1)c1cc(-c2c(C)noc2C)cc2[nH]c(=O)[nH]c12. The molecule has 0 saturated heterocycles. The normalized spacial score (nSPS) is 13.8. The molecule has 0 radical (unpaired) electrons. The van der Waals surface area contributed by atoms with Gasteiger partial charge < -0.3 is 19.6 Å². The first-order valence-electron chi connectivity index (χ1n) is 10.2. The van der Waals surface area contributed by atoms with E-state index >= 15 is 0 Å². The fourth-order valence-corrected chi connectivity index (χ4v) is 4.52. The van der Waals surface area contributed by atoms with Crippen molar-refractivity contribution in [2.75, 3.05) is 0 Å². The molecule has 0 spiro atoms. The molecule has 0 aliphatic rings. The minimum absolute atomic E-state index is 0.103. The molecule has 30 heavy (non-hydrogen) atoms. The summed E-state index contributed by atoms with van der Waals surface area (Å²) in [4.78, 5) is 22.4. The van der Waals surface area contributed by atoms with Gasteiger partial charge >= 0.3 is 5.69 Å². The smallest absolute Gasteiger partial charge is 0.323 e. The van der Waals surface area contributed by atoms with E-state index in [-0.39, 0.29) is 11.6 Å². The number of hydrogen-bond donors (Lipinski definition) is 3. The van der Waals surface area contributed by atoms with Gasteiger partial charge in [0.05, 0.1) is 22.4 Å². The summed E-state index contributed by atoms with van der Waals surface area (Å²) in [6.45, 7) is 7.83. The summed E-state index contributed by atoms with van der Waals surface area (Å²) in [6, 6.07) is 9.33. The molecule has 0 bridgehead atoms. The predicted octanol–water partition coefficient (Wildman–Crippen LogP) is 4.20. The number of imidazole rings is 1. The van der Waals surface area contributed by atoms with Crippen LogP contribution in [0, 0.1) is 19.8 Å². The van der Waals surface area contributed by atoms with E-state index in [0.717, 1.165) is 29.7 Å². The minimum atomic E-state index is -1.39. The van der Waals surface area contributed by atoms with Crippen LogP contribution in [0.25, 0.3) is 22.2 Å². The molecule has 1 atom stereocenters. The first-order chi connectivity index (χ1) is 14.4. The molecule has 4 aromatic rings. The summed E-state index contributed by atoms with van der Waals surface area (Å²) in [5.74, 6) is 0.577. The van der Waals surface area contributed by atoms with Gasteiger partial charge in [-0.15, -0.1) is 0 Å². The van der Waals surface area contributed by atoms with Crippen molar-refractivity contribution in [2.45, 2.75) is 46.1 Å². The van der Waals surface area contributed by atoms with Gasteiger partial charge in [-0.25, -0.2) is 4.79 Å². The van der Waals surface area contributed by atoms with Gasteiger partial charge in [0, 0.05) is 17.3 Å². The van der Waals surface area contributed by atoms with Crippen LogP contribution in [0.5, 0.6) is 0 Å². The summed E-state index contributed by atoms with van der Waals surface area (Å²) in [6.07, 6.45) is 3.17. The van der Waals surface area contributed by atoms with E-state index in [4.69, 9.17) is 4.52 Å². The number of hydrogen-bond acceptors (Lipinski definition) is 5. The zero-order chi connectivity index (χ0) is 21.5. The Hall–Kier alpha value is -3.19. The number of nitrogens with one attached hydrogen (secondary N) is 2. The van der Waals surface area contributed by atoms with Gasteiger partial charge in [0.1, 0.15) is 11.4 Å². The fourth-order valence-electron chi connectivity index (χ4n) is 4.52.